The number of hydrogen-bond acceptors (Lipinski definition) is 3. The molecule has 0 atom stereocenters. The lowest BCUT2D eigenvalue weighted by Crippen LogP contribution is -2.33. The molecule has 1 aromatic heterocycles. The summed E-state index contributed by atoms with van der Waals surface area (Å²) < 4.78 is 0. The van der Waals surface area contributed by atoms with Crippen LogP contribution < -0.4 is 4.90 Å². The highest BCUT2D eigenvalue weighted by Gasteiger charge is 2.45. The minimum absolute atomic E-state index is 0.0723. The smallest absolute Gasteiger partial charge is 0.242 e. The van der Waals surface area contributed by atoms with E-state index in [-0.39, 0.29) is 5.91 Å². The van der Waals surface area contributed by atoms with Crippen LogP contribution in [-0.2, 0) is 10.2 Å². The quantitative estimate of drug-likeness (QED) is 0.787. The molecule has 0 saturated carbocycles. The van der Waals surface area contributed by atoms with Crippen molar-refractivity contribution in [3.8, 4) is 0 Å². The Balaban J connectivity index is 2.12. The number of hydrogen-bond donors (Lipinski definition) is 0. The van der Waals surface area contributed by atoms with Gasteiger partial charge in [-0.3, -0.25) is 9.69 Å². The van der Waals surface area contributed by atoms with Gasteiger partial charge in [0.05, 0.1) is 11.1 Å². The van der Waals surface area contributed by atoms with Gasteiger partial charge >= 0.3 is 0 Å². The number of pyridine rings is 1. The molecule has 0 unspecified atom stereocenters. The highest BCUT2D eigenvalue weighted by molar-refractivity contribution is 7.98. The van der Waals surface area contributed by atoms with Crippen LogP contribution in [0, 0.1) is 0 Å². The molecule has 2 heterocycles. The van der Waals surface area contributed by atoms with Gasteiger partial charge in [0, 0.05) is 16.7 Å². The second-order valence-electron chi connectivity index (χ2n) is 5.34. The summed E-state index contributed by atoms with van der Waals surface area (Å²) in [5, 5.41) is 0. The second-order valence-corrected chi connectivity index (χ2v) is 6.22. The minimum atomic E-state index is -0.526. The van der Waals surface area contributed by atoms with Crippen LogP contribution >= 0.6 is 11.8 Å². The van der Waals surface area contributed by atoms with E-state index in [9.17, 15) is 4.79 Å². The molecule has 1 aliphatic heterocycles. The third-order valence-corrected chi connectivity index (χ3v) is 4.48. The van der Waals surface area contributed by atoms with Crippen molar-refractivity contribution in [2.75, 3.05) is 11.2 Å². The van der Waals surface area contributed by atoms with Gasteiger partial charge in [-0.1, -0.05) is 6.07 Å². The predicted octanol–water partition coefficient (Wildman–Crippen LogP) is 3.76. The molecule has 0 fully saturated rings. The number of rotatable bonds is 2. The number of thioether (sulfide) groups is 1. The molecule has 0 N–H and O–H groups in total. The monoisotopic (exact) mass is 284 g/mol. The first-order chi connectivity index (χ1) is 9.55. The Morgan fingerprint density at radius 2 is 1.85 bits per heavy atom. The summed E-state index contributed by atoms with van der Waals surface area (Å²) in [6.07, 6.45) is 3.77. The molecule has 1 aromatic carbocycles. The Kier molecular flexibility index (Phi) is 3.05. The summed E-state index contributed by atoms with van der Waals surface area (Å²) in [7, 11) is 0. The largest absolute Gasteiger partial charge is 0.273 e. The van der Waals surface area contributed by atoms with Crippen LogP contribution in [0.25, 0.3) is 0 Å². The lowest BCUT2D eigenvalue weighted by Gasteiger charge is -2.20. The first kappa shape index (κ1) is 13.2. The zero-order valence-corrected chi connectivity index (χ0v) is 12.6. The van der Waals surface area contributed by atoms with Gasteiger partial charge in [-0.05, 0) is 50.4 Å². The highest BCUT2D eigenvalue weighted by atomic mass is 32.2. The van der Waals surface area contributed by atoms with Gasteiger partial charge in [0.1, 0.15) is 5.82 Å². The van der Waals surface area contributed by atoms with Crippen molar-refractivity contribution in [2.24, 2.45) is 0 Å². The van der Waals surface area contributed by atoms with Gasteiger partial charge in [0.25, 0.3) is 0 Å². The molecule has 0 spiro atoms. The van der Waals surface area contributed by atoms with E-state index in [2.05, 4.69) is 4.98 Å². The van der Waals surface area contributed by atoms with E-state index >= 15 is 0 Å². The molecule has 20 heavy (non-hydrogen) atoms. The Hall–Kier alpha value is -1.81. The van der Waals surface area contributed by atoms with Crippen molar-refractivity contribution in [3.05, 3.63) is 48.2 Å². The number of benzene rings is 1. The zero-order valence-electron chi connectivity index (χ0n) is 11.8. The van der Waals surface area contributed by atoms with Gasteiger partial charge in [-0.2, -0.15) is 0 Å². The standard InChI is InChI=1S/C16H16N2OS/c1-16(2)13-5-4-10-17-14(13)18(15(16)19)11-6-8-12(20-3)9-7-11/h4-10H,1-3H3. The van der Waals surface area contributed by atoms with Gasteiger partial charge in [0.15, 0.2) is 0 Å². The van der Waals surface area contributed by atoms with E-state index in [1.165, 1.54) is 4.90 Å². The van der Waals surface area contributed by atoms with E-state index in [0.717, 1.165) is 17.1 Å². The molecule has 3 rings (SSSR count). The van der Waals surface area contributed by atoms with Crippen LogP contribution in [-0.4, -0.2) is 17.1 Å². The molecule has 2 aromatic rings. The van der Waals surface area contributed by atoms with Crippen LogP contribution in [0.2, 0.25) is 0 Å². The van der Waals surface area contributed by atoms with E-state index in [0.29, 0.717) is 0 Å². The number of nitrogens with zero attached hydrogens (tertiary/aromatic N) is 2. The Bertz CT molecular complexity index is 664. The summed E-state index contributed by atoms with van der Waals surface area (Å²) in [6, 6.07) is 11.9. The maximum Gasteiger partial charge on any atom is 0.242 e. The summed E-state index contributed by atoms with van der Waals surface area (Å²) in [5.74, 6) is 0.822. The van der Waals surface area contributed by atoms with Crippen molar-refractivity contribution in [1.29, 1.82) is 0 Å². The van der Waals surface area contributed by atoms with Crippen molar-refractivity contribution in [2.45, 2.75) is 24.2 Å². The number of anilines is 2. The molecule has 0 bridgehead atoms. The van der Waals surface area contributed by atoms with Gasteiger partial charge in [-0.25, -0.2) is 4.98 Å². The SMILES string of the molecule is CSc1ccc(N2C(=O)C(C)(C)c3cccnc32)cc1. The first-order valence-corrected chi connectivity index (χ1v) is 7.72. The lowest BCUT2D eigenvalue weighted by molar-refractivity contribution is -0.121. The molecule has 1 aliphatic rings. The molecule has 0 aliphatic carbocycles. The summed E-state index contributed by atoms with van der Waals surface area (Å²) in [6.45, 7) is 3.90. The van der Waals surface area contributed by atoms with Crippen molar-refractivity contribution < 1.29 is 4.79 Å². The van der Waals surface area contributed by atoms with Gasteiger partial charge in [-0.15, -0.1) is 11.8 Å². The van der Waals surface area contributed by atoms with Crippen LogP contribution in [0.3, 0.4) is 0 Å². The van der Waals surface area contributed by atoms with Crippen LogP contribution in [0.4, 0.5) is 11.5 Å². The Morgan fingerprint density at radius 1 is 1.15 bits per heavy atom. The van der Waals surface area contributed by atoms with E-state index in [1.807, 2.05) is 56.5 Å². The predicted molar refractivity (Wildman–Crippen MR) is 82.6 cm³/mol. The number of carbonyl (C=O) groups is 1. The fourth-order valence-corrected chi connectivity index (χ4v) is 2.93. The average molecular weight is 284 g/mol. The summed E-state index contributed by atoms with van der Waals surface area (Å²) in [5.41, 5.74) is 1.33. The van der Waals surface area contributed by atoms with Crippen molar-refractivity contribution in [3.63, 3.8) is 0 Å². The van der Waals surface area contributed by atoms with Crippen molar-refractivity contribution >= 4 is 29.2 Å². The highest BCUT2D eigenvalue weighted by Crippen LogP contribution is 2.43. The molecular weight excluding hydrogens is 268 g/mol. The molecule has 0 saturated heterocycles. The third-order valence-electron chi connectivity index (χ3n) is 3.74. The normalized spacial score (nSPS) is 16.4. The van der Waals surface area contributed by atoms with E-state index < -0.39 is 5.41 Å². The van der Waals surface area contributed by atoms with Crippen molar-refractivity contribution in [1.82, 2.24) is 4.98 Å². The number of amides is 1. The summed E-state index contributed by atoms with van der Waals surface area (Å²) in [4.78, 5) is 20.0. The van der Waals surface area contributed by atoms with Crippen LogP contribution in [0.5, 0.6) is 0 Å². The van der Waals surface area contributed by atoms with E-state index in [1.54, 1.807) is 22.9 Å². The first-order valence-electron chi connectivity index (χ1n) is 6.50. The molecule has 0 radical (unpaired) electrons. The number of fused-ring (bicyclic) bond motifs is 1. The topological polar surface area (TPSA) is 33.2 Å². The number of carbonyl (C=O) groups excluding carboxylic acids is 1. The molecule has 3 nitrogen and oxygen atoms in total. The second kappa shape index (κ2) is 4.63. The fraction of sp³-hybridized carbons (Fsp3) is 0.250. The lowest BCUT2D eigenvalue weighted by atomic mass is 9.87. The van der Waals surface area contributed by atoms with E-state index in [4.69, 9.17) is 0 Å². The third kappa shape index (κ3) is 1.83. The van der Waals surface area contributed by atoms with Crippen LogP contribution in [0.1, 0.15) is 19.4 Å². The Morgan fingerprint density at radius 3 is 2.50 bits per heavy atom. The zero-order chi connectivity index (χ0) is 14.3. The molecular formula is C16H16N2OS. The minimum Gasteiger partial charge on any atom is -0.273 e. The van der Waals surface area contributed by atoms with Crippen LogP contribution in [0.15, 0.2) is 47.5 Å². The maximum atomic E-state index is 12.7. The molecule has 1 amide bonds. The van der Waals surface area contributed by atoms with Gasteiger partial charge < -0.3 is 0 Å². The van der Waals surface area contributed by atoms with Gasteiger partial charge in [0.2, 0.25) is 5.91 Å². The maximum absolute atomic E-state index is 12.7. The summed E-state index contributed by atoms with van der Waals surface area (Å²) >= 11 is 1.69. The Labute approximate surface area is 123 Å². The fourth-order valence-electron chi connectivity index (χ4n) is 2.52. The molecule has 102 valence electrons. The average Bonchev–Trinajstić information content (AvgIpc) is 2.67. The number of aromatic nitrogens is 1. The molecule has 4 heteroatoms.